The van der Waals surface area contributed by atoms with Crippen molar-refractivity contribution in [3.8, 4) is 0 Å². The van der Waals surface area contributed by atoms with Crippen molar-refractivity contribution in [1.29, 1.82) is 0 Å². The molecule has 398 valence electrons. The lowest BCUT2D eigenvalue weighted by Crippen LogP contribution is -2.49. The standard InChI is InChI=1S/C57H117N4O3P3/c1-22-37-65(38-23-2,39-24-3)55(16,17)46-52(10,11)49(62)58-31-34-61(35-32-59-50(63)53(12,13)47-56(18,19)66(40-25-4,41-26-5)42-27-6)36-33-60-51(64)54(14,15)48-57(20,21)67(43-28-7,44-29-8)45-30-9/h22-48H2,1-21H3/p+3. The van der Waals surface area contributed by atoms with E-state index in [-0.39, 0.29) is 33.2 Å². The molecule has 67 heavy (non-hydrogen) atoms. The van der Waals surface area contributed by atoms with Crippen LogP contribution in [-0.4, -0.2) is 133 Å². The largest absolute Gasteiger partial charge is 0.354 e. The summed E-state index contributed by atoms with van der Waals surface area (Å²) in [6, 6.07) is 0. The molecule has 0 aliphatic heterocycles. The molecule has 0 spiro atoms. The van der Waals surface area contributed by atoms with E-state index in [9.17, 15) is 14.4 Å². The van der Waals surface area contributed by atoms with Gasteiger partial charge in [0.25, 0.3) is 0 Å². The molecule has 0 heterocycles. The van der Waals surface area contributed by atoms with Crippen LogP contribution in [0.25, 0.3) is 0 Å². The molecule has 0 unspecified atom stereocenters. The Morgan fingerprint density at radius 2 is 0.493 bits per heavy atom. The molecule has 0 atom stereocenters. The number of amides is 3. The summed E-state index contributed by atoms with van der Waals surface area (Å²) < 4.78 is 0. The van der Waals surface area contributed by atoms with E-state index in [1.165, 1.54) is 113 Å². The first-order chi connectivity index (χ1) is 31.0. The summed E-state index contributed by atoms with van der Waals surface area (Å²) in [7, 11) is -3.77. The summed E-state index contributed by atoms with van der Waals surface area (Å²) in [4.78, 5) is 44.7. The Bertz CT molecular complexity index is 1210. The van der Waals surface area contributed by atoms with Gasteiger partial charge in [0.05, 0.1) is 70.9 Å². The third kappa shape index (κ3) is 19.6. The Labute approximate surface area is 421 Å². The summed E-state index contributed by atoms with van der Waals surface area (Å²) in [6.45, 7) is 52.2. The average molecular weight is 1000 g/mol. The molecule has 0 bridgehead atoms. The fourth-order valence-electron chi connectivity index (χ4n) is 13.6. The highest BCUT2D eigenvalue weighted by molar-refractivity contribution is 7.78. The zero-order chi connectivity index (χ0) is 52.0. The van der Waals surface area contributed by atoms with Gasteiger partial charge in [0.15, 0.2) is 0 Å². The molecule has 0 rings (SSSR count). The quantitative estimate of drug-likeness (QED) is 0.0535. The Morgan fingerprint density at radius 3 is 0.642 bits per heavy atom. The molecule has 0 aromatic carbocycles. The molecule has 0 fully saturated rings. The van der Waals surface area contributed by atoms with Gasteiger partial charge < -0.3 is 16.0 Å². The van der Waals surface area contributed by atoms with Crippen LogP contribution in [0.15, 0.2) is 0 Å². The summed E-state index contributed by atoms with van der Waals surface area (Å²) in [5.74, 6) is 0.374. The van der Waals surface area contributed by atoms with E-state index in [0.29, 0.717) is 39.3 Å². The summed E-state index contributed by atoms with van der Waals surface area (Å²) in [5.41, 5.74) is -1.48. The molecule has 0 aromatic heterocycles. The van der Waals surface area contributed by atoms with Crippen LogP contribution in [0.4, 0.5) is 0 Å². The maximum absolute atomic E-state index is 14.1. The van der Waals surface area contributed by atoms with Gasteiger partial charge in [0.1, 0.15) is 0 Å². The lowest BCUT2D eigenvalue weighted by Gasteiger charge is -2.44. The second-order valence-corrected chi connectivity index (χ2v) is 39.7. The smallest absolute Gasteiger partial charge is 0.225 e. The van der Waals surface area contributed by atoms with Crippen LogP contribution in [0, 0.1) is 16.2 Å². The second-order valence-electron chi connectivity index (χ2n) is 25.2. The topological polar surface area (TPSA) is 90.5 Å². The third-order valence-corrected chi connectivity index (χ3v) is 36.2. The third-order valence-electron chi connectivity index (χ3n) is 16.3. The Morgan fingerprint density at radius 1 is 0.328 bits per heavy atom. The molecule has 0 aromatic rings. The van der Waals surface area contributed by atoms with E-state index < -0.39 is 38.0 Å². The predicted molar refractivity (Wildman–Crippen MR) is 310 cm³/mol. The molecule has 0 aliphatic rings. The lowest BCUT2D eigenvalue weighted by atomic mass is 9.82. The normalized spacial score (nSPS) is 13.9. The first-order valence-electron chi connectivity index (χ1n) is 28.1. The molecule has 0 saturated heterocycles. The highest BCUT2D eigenvalue weighted by atomic mass is 31.2. The van der Waals surface area contributed by atoms with Gasteiger partial charge in [-0.05, 0) is 119 Å². The van der Waals surface area contributed by atoms with Crippen LogP contribution in [0.2, 0.25) is 0 Å². The summed E-state index contributed by atoms with van der Waals surface area (Å²) in [5, 5.41) is 10.5. The van der Waals surface area contributed by atoms with Crippen molar-refractivity contribution in [2.75, 3.05) is 94.7 Å². The van der Waals surface area contributed by atoms with Crippen molar-refractivity contribution in [2.45, 2.75) is 238 Å². The minimum atomic E-state index is -1.26. The second kappa shape index (κ2) is 30.0. The van der Waals surface area contributed by atoms with Crippen molar-refractivity contribution in [2.24, 2.45) is 16.2 Å². The van der Waals surface area contributed by atoms with Crippen LogP contribution in [0.5, 0.6) is 0 Å². The number of carbonyl (C=O) groups excluding carboxylic acids is 3. The molecular formula is C57H120N4O3P3+3. The van der Waals surface area contributed by atoms with Gasteiger partial charge in [0.2, 0.25) is 17.7 Å². The molecule has 0 aliphatic carbocycles. The maximum atomic E-state index is 14.1. The fourth-order valence-corrected chi connectivity index (χ4v) is 31.0. The van der Waals surface area contributed by atoms with Gasteiger partial charge in [0, 0.05) is 77.3 Å². The van der Waals surface area contributed by atoms with E-state index in [0.717, 1.165) is 19.3 Å². The van der Waals surface area contributed by atoms with E-state index in [1.54, 1.807) is 0 Å². The van der Waals surface area contributed by atoms with E-state index in [1.807, 2.05) is 0 Å². The van der Waals surface area contributed by atoms with Gasteiger partial charge in [-0.2, -0.15) is 0 Å². The molecule has 0 saturated carbocycles. The van der Waals surface area contributed by atoms with E-state index >= 15 is 0 Å². The first kappa shape index (κ1) is 66.7. The van der Waals surface area contributed by atoms with Gasteiger partial charge in [-0.3, -0.25) is 19.3 Å². The number of rotatable bonds is 39. The number of hydrogen-bond acceptors (Lipinski definition) is 4. The van der Waals surface area contributed by atoms with Crippen LogP contribution in [-0.2, 0) is 14.4 Å². The summed E-state index contributed by atoms with van der Waals surface area (Å²) >= 11 is 0. The van der Waals surface area contributed by atoms with Crippen LogP contribution in [0.1, 0.15) is 222 Å². The lowest BCUT2D eigenvalue weighted by molar-refractivity contribution is -0.130. The van der Waals surface area contributed by atoms with E-state index in [4.69, 9.17) is 0 Å². The zero-order valence-electron chi connectivity index (χ0n) is 49.1. The first-order valence-corrected chi connectivity index (χ1v) is 35.2. The molecule has 3 N–H and O–H groups in total. The van der Waals surface area contributed by atoms with Crippen molar-refractivity contribution in [1.82, 2.24) is 20.9 Å². The fraction of sp³-hybridized carbons (Fsp3) is 0.947. The Balaban J connectivity index is 6.37. The van der Waals surface area contributed by atoms with Crippen LogP contribution in [0.3, 0.4) is 0 Å². The van der Waals surface area contributed by atoms with Crippen LogP contribution < -0.4 is 16.0 Å². The highest BCUT2D eigenvalue weighted by Gasteiger charge is 2.55. The monoisotopic (exact) mass is 1000 g/mol. The number of nitrogens with one attached hydrogen (secondary N) is 3. The predicted octanol–water partition coefficient (Wildman–Crippen LogP) is 15.0. The van der Waals surface area contributed by atoms with Gasteiger partial charge in [-0.1, -0.05) is 104 Å². The van der Waals surface area contributed by atoms with Crippen LogP contribution >= 0.6 is 21.8 Å². The minimum Gasteiger partial charge on any atom is -0.354 e. The Hall–Kier alpha value is -0.340. The molecule has 7 nitrogen and oxygen atoms in total. The molecule has 10 heteroatoms. The van der Waals surface area contributed by atoms with Crippen molar-refractivity contribution >= 4 is 39.5 Å². The van der Waals surface area contributed by atoms with Crippen molar-refractivity contribution in [3.05, 3.63) is 0 Å². The Kier molecular flexibility index (Phi) is 29.8. The van der Waals surface area contributed by atoms with E-state index in [2.05, 4.69) is 166 Å². The van der Waals surface area contributed by atoms with Gasteiger partial charge >= 0.3 is 0 Å². The zero-order valence-corrected chi connectivity index (χ0v) is 51.8. The minimum absolute atomic E-state index is 0.125. The average Bonchev–Trinajstić information content (AvgIpc) is 3.20. The molecule has 3 amide bonds. The molecule has 0 radical (unpaired) electrons. The SMILES string of the molecule is CCC[P+](CCC)(CCC)C(C)(C)CC(C)(C)C(=O)NCCN(CCNC(=O)C(C)(C)CC(C)(C)[P+](CCC)(CCC)CCC)CCNC(=O)C(C)(C)CC(C)(C)[P+](CCC)(CCC)CCC. The van der Waals surface area contributed by atoms with Crippen molar-refractivity contribution < 1.29 is 14.4 Å². The van der Waals surface area contributed by atoms with Gasteiger partial charge in [-0.25, -0.2) is 0 Å². The maximum Gasteiger partial charge on any atom is 0.225 e. The molecular weight excluding hydrogens is 882 g/mol. The van der Waals surface area contributed by atoms with Gasteiger partial charge in [-0.15, -0.1) is 0 Å². The summed E-state index contributed by atoms with van der Waals surface area (Å²) in [6.07, 6.45) is 25.3. The number of nitrogens with zero attached hydrogens (tertiary/aromatic N) is 1. The number of hydrogen-bond donors (Lipinski definition) is 3. The highest BCUT2D eigenvalue weighted by Crippen LogP contribution is 2.74. The number of carbonyl (C=O) groups is 3. The van der Waals surface area contributed by atoms with Crippen molar-refractivity contribution in [3.63, 3.8) is 0 Å².